The highest BCUT2D eigenvalue weighted by Gasteiger charge is 2.17. The van der Waals surface area contributed by atoms with Gasteiger partial charge in [0.15, 0.2) is 0 Å². The summed E-state index contributed by atoms with van der Waals surface area (Å²) in [5.41, 5.74) is -0.269. The van der Waals surface area contributed by atoms with Crippen molar-refractivity contribution in [3.05, 3.63) is 30.3 Å². The van der Waals surface area contributed by atoms with Crippen molar-refractivity contribution in [2.75, 3.05) is 0 Å². The van der Waals surface area contributed by atoms with E-state index in [1.165, 1.54) is 0 Å². The largest absolute Gasteiger partial charge is 0.796 e. The molecule has 2 nitrogen and oxygen atoms in total. The molecule has 0 saturated heterocycles. The van der Waals surface area contributed by atoms with Crippen molar-refractivity contribution in [3.8, 4) is 0 Å². The second kappa shape index (κ2) is 4.08. The van der Waals surface area contributed by atoms with E-state index in [-0.39, 0.29) is 5.66 Å². The summed E-state index contributed by atoms with van der Waals surface area (Å²) in [6.07, 6.45) is 0.662. The van der Waals surface area contributed by atoms with Crippen molar-refractivity contribution in [1.82, 2.24) is 0 Å². The van der Waals surface area contributed by atoms with Crippen LogP contribution in [0.4, 0.5) is 0 Å². The Morgan fingerprint density at radius 2 is 1.92 bits per heavy atom. The molecule has 72 valence electrons. The first-order valence-corrected chi connectivity index (χ1v) is 6.14. The minimum Gasteiger partial charge on any atom is -0.796 e. The first kappa shape index (κ1) is 10.5. The maximum Gasteiger partial charge on any atom is 0.0460 e. The zero-order chi connectivity index (χ0) is 9.90. The van der Waals surface area contributed by atoms with Crippen molar-refractivity contribution >= 4 is 12.7 Å². The molecule has 0 bridgehead atoms. The molecule has 0 aliphatic rings. The van der Waals surface area contributed by atoms with Crippen LogP contribution in [0, 0.1) is 0 Å². The summed E-state index contributed by atoms with van der Waals surface area (Å²) in [7, 11) is -3.39. The molecular weight excluding hydrogens is 183 g/mol. The predicted octanol–water partition coefficient (Wildman–Crippen LogP) is 1.75. The van der Waals surface area contributed by atoms with Crippen LogP contribution in [0.3, 0.4) is 0 Å². The number of hydrogen-bond acceptors (Lipinski definition) is 2. The lowest BCUT2D eigenvalue weighted by molar-refractivity contribution is -0.173. The van der Waals surface area contributed by atoms with Crippen LogP contribution in [0.5, 0.6) is 0 Å². The SMILES string of the molecule is CCC(C)P(=O)([O-])c1ccccc1. The standard InChI is InChI=1S/C10H15O2P/c1-3-9(2)13(11,12)10-7-5-4-6-8-10/h4-9H,3H2,1-2H3,(H,11,12)/p-1. The van der Waals surface area contributed by atoms with Crippen molar-refractivity contribution in [2.45, 2.75) is 25.9 Å². The normalized spacial score (nSPS) is 17.8. The van der Waals surface area contributed by atoms with Crippen LogP contribution in [-0.2, 0) is 4.57 Å². The topological polar surface area (TPSA) is 40.1 Å². The molecule has 2 atom stereocenters. The van der Waals surface area contributed by atoms with Gasteiger partial charge in [0.05, 0.1) is 0 Å². The fourth-order valence-electron chi connectivity index (χ4n) is 1.13. The van der Waals surface area contributed by atoms with Gasteiger partial charge in [-0.15, -0.1) is 0 Å². The Hall–Kier alpha value is -0.590. The van der Waals surface area contributed by atoms with Gasteiger partial charge in [0, 0.05) is 13.0 Å². The number of hydrogen-bond donors (Lipinski definition) is 0. The lowest BCUT2D eigenvalue weighted by atomic mass is 10.4. The van der Waals surface area contributed by atoms with Crippen LogP contribution in [-0.4, -0.2) is 5.66 Å². The summed E-state index contributed by atoms with van der Waals surface area (Å²) in [5.74, 6) is 0. The Morgan fingerprint density at radius 3 is 2.38 bits per heavy atom. The molecule has 0 amide bonds. The van der Waals surface area contributed by atoms with Crippen LogP contribution in [0.25, 0.3) is 0 Å². The molecule has 1 aromatic carbocycles. The fourth-order valence-corrected chi connectivity index (χ4v) is 2.71. The summed E-state index contributed by atoms with van der Waals surface area (Å²) < 4.78 is 11.8. The smallest absolute Gasteiger partial charge is 0.0460 e. The molecule has 0 aliphatic carbocycles. The molecule has 0 heterocycles. The molecule has 2 unspecified atom stereocenters. The number of benzene rings is 1. The van der Waals surface area contributed by atoms with E-state index in [4.69, 9.17) is 0 Å². The van der Waals surface area contributed by atoms with Crippen molar-refractivity contribution < 1.29 is 9.46 Å². The average molecular weight is 197 g/mol. The highest BCUT2D eigenvalue weighted by molar-refractivity contribution is 7.65. The number of rotatable bonds is 3. The Kier molecular flexibility index (Phi) is 3.29. The molecule has 1 rings (SSSR count). The van der Waals surface area contributed by atoms with Crippen LogP contribution in [0.1, 0.15) is 20.3 Å². The van der Waals surface area contributed by atoms with Gasteiger partial charge in [0.1, 0.15) is 0 Å². The van der Waals surface area contributed by atoms with Gasteiger partial charge in [-0.25, -0.2) is 0 Å². The van der Waals surface area contributed by atoms with Crippen LogP contribution in [0.2, 0.25) is 0 Å². The first-order chi connectivity index (χ1) is 6.09. The average Bonchev–Trinajstić information content (AvgIpc) is 2.18. The van der Waals surface area contributed by atoms with Gasteiger partial charge < -0.3 is 9.46 Å². The maximum absolute atomic E-state index is 11.8. The van der Waals surface area contributed by atoms with E-state index < -0.39 is 7.37 Å². The minimum absolute atomic E-state index is 0.269. The van der Waals surface area contributed by atoms with Gasteiger partial charge >= 0.3 is 0 Å². The third-order valence-electron chi connectivity index (χ3n) is 2.29. The molecule has 0 aromatic heterocycles. The molecule has 0 spiro atoms. The van der Waals surface area contributed by atoms with E-state index in [0.717, 1.165) is 0 Å². The van der Waals surface area contributed by atoms with Crippen LogP contribution >= 0.6 is 7.37 Å². The molecule has 0 aliphatic heterocycles. The van der Waals surface area contributed by atoms with Gasteiger partial charge in [0.25, 0.3) is 0 Å². The third kappa shape index (κ3) is 2.20. The third-order valence-corrected chi connectivity index (χ3v) is 4.83. The van der Waals surface area contributed by atoms with Crippen molar-refractivity contribution in [2.24, 2.45) is 0 Å². The molecule has 1 aromatic rings. The fraction of sp³-hybridized carbons (Fsp3) is 0.400. The molecular formula is C10H14O2P-. The van der Waals surface area contributed by atoms with E-state index in [0.29, 0.717) is 11.7 Å². The minimum atomic E-state index is -3.39. The summed E-state index contributed by atoms with van der Waals surface area (Å²) >= 11 is 0. The van der Waals surface area contributed by atoms with Gasteiger partial charge in [-0.2, -0.15) is 0 Å². The molecule has 0 radical (unpaired) electrons. The van der Waals surface area contributed by atoms with Crippen molar-refractivity contribution in [1.29, 1.82) is 0 Å². The molecule has 3 heteroatoms. The van der Waals surface area contributed by atoms with E-state index in [1.54, 1.807) is 31.2 Å². The first-order valence-electron chi connectivity index (χ1n) is 4.45. The van der Waals surface area contributed by atoms with Crippen LogP contribution in [0.15, 0.2) is 30.3 Å². The highest BCUT2D eigenvalue weighted by Crippen LogP contribution is 2.41. The summed E-state index contributed by atoms with van der Waals surface area (Å²) in [4.78, 5) is 11.8. The van der Waals surface area contributed by atoms with Gasteiger partial charge in [-0.05, 0) is 11.7 Å². The zero-order valence-electron chi connectivity index (χ0n) is 7.93. The lowest BCUT2D eigenvalue weighted by Gasteiger charge is -2.29. The predicted molar refractivity (Wildman–Crippen MR) is 53.4 cm³/mol. The monoisotopic (exact) mass is 197 g/mol. The second-order valence-electron chi connectivity index (χ2n) is 3.19. The van der Waals surface area contributed by atoms with E-state index in [2.05, 4.69) is 0 Å². The van der Waals surface area contributed by atoms with Gasteiger partial charge in [0.2, 0.25) is 0 Å². The Balaban J connectivity index is 3.01. The maximum atomic E-state index is 11.8. The second-order valence-corrected chi connectivity index (χ2v) is 5.78. The van der Waals surface area contributed by atoms with E-state index in [9.17, 15) is 9.46 Å². The van der Waals surface area contributed by atoms with E-state index in [1.807, 2.05) is 13.0 Å². The van der Waals surface area contributed by atoms with Crippen molar-refractivity contribution in [3.63, 3.8) is 0 Å². The molecule has 0 saturated carbocycles. The molecule has 0 N–H and O–H groups in total. The zero-order valence-corrected chi connectivity index (χ0v) is 8.83. The highest BCUT2D eigenvalue weighted by atomic mass is 31.2. The Morgan fingerprint density at radius 1 is 1.38 bits per heavy atom. The summed E-state index contributed by atoms with van der Waals surface area (Å²) in [6, 6.07) is 8.63. The Labute approximate surface area is 79.1 Å². The summed E-state index contributed by atoms with van der Waals surface area (Å²) in [5, 5.41) is 0.448. The Bertz CT molecular complexity index is 308. The molecule has 0 fully saturated rings. The summed E-state index contributed by atoms with van der Waals surface area (Å²) in [6.45, 7) is 3.64. The van der Waals surface area contributed by atoms with Crippen LogP contribution < -0.4 is 10.2 Å². The van der Waals surface area contributed by atoms with Gasteiger partial charge in [-0.1, -0.05) is 44.2 Å². The molecule has 13 heavy (non-hydrogen) atoms. The van der Waals surface area contributed by atoms with E-state index >= 15 is 0 Å². The lowest BCUT2D eigenvalue weighted by Crippen LogP contribution is -2.23. The quantitative estimate of drug-likeness (QED) is 0.692. The van der Waals surface area contributed by atoms with Gasteiger partial charge in [-0.3, -0.25) is 0 Å².